The van der Waals surface area contributed by atoms with Crippen molar-refractivity contribution in [3.63, 3.8) is 0 Å². The first-order chi connectivity index (χ1) is 10.6. The minimum Gasteiger partial charge on any atom is -0.467 e. The highest BCUT2D eigenvalue weighted by Crippen LogP contribution is 2.17. The number of hydrogen-bond donors (Lipinski definition) is 2. The lowest BCUT2D eigenvalue weighted by Crippen LogP contribution is -2.26. The van der Waals surface area contributed by atoms with Crippen LogP contribution in [0.1, 0.15) is 36.4 Å². The largest absolute Gasteiger partial charge is 0.467 e. The van der Waals surface area contributed by atoms with Gasteiger partial charge in [-0.15, -0.1) is 0 Å². The van der Waals surface area contributed by atoms with Crippen molar-refractivity contribution in [3.8, 4) is 0 Å². The van der Waals surface area contributed by atoms with Crippen LogP contribution >= 0.6 is 0 Å². The van der Waals surface area contributed by atoms with Gasteiger partial charge < -0.3 is 15.1 Å². The number of amides is 2. The predicted octanol–water partition coefficient (Wildman–Crippen LogP) is 3.19. The van der Waals surface area contributed by atoms with Crippen molar-refractivity contribution < 1.29 is 14.0 Å². The van der Waals surface area contributed by atoms with Gasteiger partial charge in [-0.1, -0.05) is 26.0 Å². The minimum absolute atomic E-state index is 0.0891. The second-order valence-electron chi connectivity index (χ2n) is 5.11. The highest BCUT2D eigenvalue weighted by molar-refractivity contribution is 6.04. The fraction of sp³-hybridized carbons (Fsp3) is 0.294. The summed E-state index contributed by atoms with van der Waals surface area (Å²) in [6.45, 7) is 4.11. The number of hydrogen-bond acceptors (Lipinski definition) is 3. The maximum atomic E-state index is 12.3. The highest BCUT2D eigenvalue weighted by atomic mass is 16.3. The first kappa shape index (κ1) is 15.8. The summed E-state index contributed by atoms with van der Waals surface area (Å²) in [5.74, 6) is 0.235. The van der Waals surface area contributed by atoms with E-state index in [-0.39, 0.29) is 17.7 Å². The molecule has 116 valence electrons. The zero-order valence-corrected chi connectivity index (χ0v) is 12.8. The van der Waals surface area contributed by atoms with Crippen LogP contribution in [0.3, 0.4) is 0 Å². The van der Waals surface area contributed by atoms with Crippen molar-refractivity contribution in [1.82, 2.24) is 5.32 Å². The normalized spacial score (nSPS) is 11.7. The predicted molar refractivity (Wildman–Crippen MR) is 84.4 cm³/mol. The Balaban J connectivity index is 2.06. The van der Waals surface area contributed by atoms with E-state index in [1.54, 1.807) is 42.7 Å². The lowest BCUT2D eigenvalue weighted by Gasteiger charge is -2.13. The molecule has 0 saturated heterocycles. The Morgan fingerprint density at radius 1 is 1.18 bits per heavy atom. The average molecular weight is 300 g/mol. The molecule has 0 radical (unpaired) electrons. The number of para-hydroxylation sites is 1. The van der Waals surface area contributed by atoms with Crippen LogP contribution in [0.4, 0.5) is 5.69 Å². The quantitative estimate of drug-likeness (QED) is 0.860. The van der Waals surface area contributed by atoms with Crippen molar-refractivity contribution in [3.05, 3.63) is 54.0 Å². The van der Waals surface area contributed by atoms with Crippen LogP contribution in [0.25, 0.3) is 0 Å². The molecule has 0 fully saturated rings. The van der Waals surface area contributed by atoms with Gasteiger partial charge in [-0.3, -0.25) is 9.59 Å². The Morgan fingerprint density at radius 3 is 2.64 bits per heavy atom. The van der Waals surface area contributed by atoms with Gasteiger partial charge in [0.25, 0.3) is 5.91 Å². The van der Waals surface area contributed by atoms with Crippen LogP contribution in [0, 0.1) is 5.92 Å². The Labute approximate surface area is 129 Å². The van der Waals surface area contributed by atoms with Crippen LogP contribution in [-0.4, -0.2) is 11.8 Å². The number of nitrogens with one attached hydrogen (secondary N) is 2. The van der Waals surface area contributed by atoms with Gasteiger partial charge >= 0.3 is 0 Å². The van der Waals surface area contributed by atoms with E-state index in [0.29, 0.717) is 23.6 Å². The fourth-order valence-corrected chi connectivity index (χ4v) is 1.91. The standard InChI is InChI=1S/C17H20N2O3/c1-3-12(2)16(20)19-15-9-5-4-8-14(15)17(21)18-11-13-7-6-10-22-13/h4-10,12H,3,11H2,1-2H3,(H,18,21)(H,19,20)/t12-/m0/s1. The van der Waals surface area contributed by atoms with Gasteiger partial charge in [-0.2, -0.15) is 0 Å². The minimum atomic E-state index is -0.253. The molecular formula is C17H20N2O3. The van der Waals surface area contributed by atoms with Crippen LogP contribution in [0.15, 0.2) is 47.1 Å². The van der Waals surface area contributed by atoms with Gasteiger partial charge in [0.15, 0.2) is 0 Å². The molecule has 0 unspecified atom stereocenters. The molecule has 0 bridgehead atoms. The molecule has 2 aromatic rings. The highest BCUT2D eigenvalue weighted by Gasteiger charge is 2.16. The topological polar surface area (TPSA) is 71.3 Å². The number of furan rings is 1. The summed E-state index contributed by atoms with van der Waals surface area (Å²) in [5, 5.41) is 5.59. The van der Waals surface area contributed by atoms with E-state index in [0.717, 1.165) is 6.42 Å². The summed E-state index contributed by atoms with van der Waals surface area (Å²) in [6.07, 6.45) is 2.31. The number of benzene rings is 1. The van der Waals surface area contributed by atoms with Gasteiger partial charge in [-0.05, 0) is 30.7 Å². The smallest absolute Gasteiger partial charge is 0.253 e. The number of rotatable bonds is 6. The van der Waals surface area contributed by atoms with Crippen molar-refractivity contribution >= 4 is 17.5 Å². The molecule has 2 amide bonds. The SMILES string of the molecule is CC[C@H](C)C(=O)Nc1ccccc1C(=O)NCc1ccco1. The van der Waals surface area contributed by atoms with Gasteiger partial charge in [0.1, 0.15) is 5.76 Å². The number of carbonyl (C=O) groups excluding carboxylic acids is 2. The monoisotopic (exact) mass is 300 g/mol. The van der Waals surface area contributed by atoms with Crippen molar-refractivity contribution in [2.75, 3.05) is 5.32 Å². The summed E-state index contributed by atoms with van der Waals surface area (Å²) in [5.41, 5.74) is 0.954. The molecule has 1 aromatic carbocycles. The Kier molecular flexibility index (Phi) is 5.36. The Bertz CT molecular complexity index is 635. The van der Waals surface area contributed by atoms with Gasteiger partial charge in [0.2, 0.25) is 5.91 Å². The molecule has 0 aliphatic heterocycles. The van der Waals surface area contributed by atoms with Crippen molar-refractivity contribution in [2.24, 2.45) is 5.92 Å². The van der Waals surface area contributed by atoms with E-state index < -0.39 is 0 Å². The first-order valence-electron chi connectivity index (χ1n) is 7.32. The third-order valence-electron chi connectivity index (χ3n) is 3.49. The van der Waals surface area contributed by atoms with E-state index in [1.165, 1.54) is 0 Å². The van der Waals surface area contributed by atoms with E-state index in [9.17, 15) is 9.59 Å². The van der Waals surface area contributed by atoms with Crippen LogP contribution in [0.5, 0.6) is 0 Å². The molecule has 5 nitrogen and oxygen atoms in total. The van der Waals surface area contributed by atoms with E-state index in [2.05, 4.69) is 10.6 Å². The van der Waals surface area contributed by atoms with Gasteiger partial charge in [0.05, 0.1) is 24.1 Å². The molecule has 1 heterocycles. The zero-order valence-electron chi connectivity index (χ0n) is 12.8. The molecular weight excluding hydrogens is 280 g/mol. The number of anilines is 1. The maximum Gasteiger partial charge on any atom is 0.253 e. The second-order valence-corrected chi connectivity index (χ2v) is 5.11. The average Bonchev–Trinajstić information content (AvgIpc) is 3.05. The van der Waals surface area contributed by atoms with E-state index >= 15 is 0 Å². The van der Waals surface area contributed by atoms with E-state index in [1.807, 2.05) is 13.8 Å². The molecule has 1 aromatic heterocycles. The Morgan fingerprint density at radius 2 is 1.95 bits per heavy atom. The van der Waals surface area contributed by atoms with Crippen LogP contribution in [0.2, 0.25) is 0 Å². The summed E-state index contributed by atoms with van der Waals surface area (Å²) in [7, 11) is 0. The molecule has 0 spiro atoms. The first-order valence-corrected chi connectivity index (χ1v) is 7.32. The second kappa shape index (κ2) is 7.45. The molecule has 0 aliphatic rings. The van der Waals surface area contributed by atoms with Crippen LogP contribution < -0.4 is 10.6 Å². The fourth-order valence-electron chi connectivity index (χ4n) is 1.91. The van der Waals surface area contributed by atoms with Gasteiger partial charge in [-0.25, -0.2) is 0 Å². The molecule has 0 aliphatic carbocycles. The third-order valence-corrected chi connectivity index (χ3v) is 3.49. The Hall–Kier alpha value is -2.56. The number of carbonyl (C=O) groups is 2. The van der Waals surface area contributed by atoms with Crippen molar-refractivity contribution in [1.29, 1.82) is 0 Å². The summed E-state index contributed by atoms with van der Waals surface area (Å²) < 4.78 is 5.18. The molecule has 0 saturated carbocycles. The zero-order chi connectivity index (χ0) is 15.9. The molecule has 2 N–H and O–H groups in total. The lowest BCUT2D eigenvalue weighted by molar-refractivity contribution is -0.119. The molecule has 1 atom stereocenters. The summed E-state index contributed by atoms with van der Waals surface area (Å²) in [6, 6.07) is 10.5. The van der Waals surface area contributed by atoms with Gasteiger partial charge in [0, 0.05) is 5.92 Å². The molecule has 2 rings (SSSR count). The lowest BCUT2D eigenvalue weighted by atomic mass is 10.1. The molecule has 22 heavy (non-hydrogen) atoms. The van der Waals surface area contributed by atoms with Crippen molar-refractivity contribution in [2.45, 2.75) is 26.8 Å². The van der Waals surface area contributed by atoms with Crippen LogP contribution in [-0.2, 0) is 11.3 Å². The third kappa shape index (κ3) is 3.97. The van der Waals surface area contributed by atoms with E-state index in [4.69, 9.17) is 4.42 Å². The maximum absolute atomic E-state index is 12.3. The summed E-state index contributed by atoms with van der Waals surface area (Å²) >= 11 is 0. The molecule has 5 heteroatoms. The summed E-state index contributed by atoms with van der Waals surface area (Å²) in [4.78, 5) is 24.3.